The summed E-state index contributed by atoms with van der Waals surface area (Å²) in [7, 11) is 0. The van der Waals surface area contributed by atoms with E-state index in [0.717, 1.165) is 30.9 Å². The van der Waals surface area contributed by atoms with E-state index in [1.165, 1.54) is 0 Å². The van der Waals surface area contributed by atoms with Crippen LogP contribution in [0.2, 0.25) is 0 Å². The number of hydrogen-bond donors (Lipinski definition) is 2. The van der Waals surface area contributed by atoms with Crippen LogP contribution in [0.3, 0.4) is 0 Å². The maximum atomic E-state index is 12.6. The van der Waals surface area contributed by atoms with E-state index in [4.69, 9.17) is 9.84 Å². The Morgan fingerprint density at radius 2 is 1.96 bits per heavy atom. The second-order valence-electron chi connectivity index (χ2n) is 6.27. The lowest BCUT2D eigenvalue weighted by Gasteiger charge is -2.30. The van der Waals surface area contributed by atoms with Crippen molar-refractivity contribution in [1.82, 2.24) is 20.1 Å². The number of H-pyrrole nitrogens is 1. The number of carbonyl (C=O) groups excluding carboxylic acids is 1. The molecule has 1 saturated heterocycles. The molecule has 2 heterocycles. The van der Waals surface area contributed by atoms with Gasteiger partial charge >= 0.3 is 5.97 Å². The number of carboxylic acid groups (broad SMARTS) is 1. The number of nitrogens with zero attached hydrogens (tertiary/aromatic N) is 3. The SMILES string of the molecule is CCc1nc(C2CCN(C(=O)c3ccc(OCC(=O)O)cc3)CC2)n[nH]1. The Morgan fingerprint density at radius 3 is 2.54 bits per heavy atom. The summed E-state index contributed by atoms with van der Waals surface area (Å²) in [6, 6.07) is 6.55. The van der Waals surface area contributed by atoms with Crippen molar-refractivity contribution in [2.24, 2.45) is 0 Å². The highest BCUT2D eigenvalue weighted by Crippen LogP contribution is 2.26. The molecule has 0 radical (unpaired) electrons. The third-order valence-electron chi connectivity index (χ3n) is 4.49. The molecule has 2 aromatic rings. The second-order valence-corrected chi connectivity index (χ2v) is 6.27. The zero-order chi connectivity index (χ0) is 18.5. The number of carboxylic acids is 1. The van der Waals surface area contributed by atoms with Crippen molar-refractivity contribution >= 4 is 11.9 Å². The van der Waals surface area contributed by atoms with Crippen LogP contribution < -0.4 is 4.74 Å². The number of benzene rings is 1. The van der Waals surface area contributed by atoms with Gasteiger partial charge in [-0.25, -0.2) is 9.78 Å². The summed E-state index contributed by atoms with van der Waals surface area (Å²) < 4.78 is 5.08. The van der Waals surface area contributed by atoms with Crippen molar-refractivity contribution in [3.63, 3.8) is 0 Å². The Balaban J connectivity index is 1.55. The molecule has 1 aromatic heterocycles. The van der Waals surface area contributed by atoms with Crippen molar-refractivity contribution in [1.29, 1.82) is 0 Å². The van der Waals surface area contributed by atoms with Crippen LogP contribution in [0.5, 0.6) is 5.75 Å². The molecule has 0 unspecified atom stereocenters. The molecule has 0 atom stereocenters. The van der Waals surface area contributed by atoms with Gasteiger partial charge in [-0.15, -0.1) is 0 Å². The van der Waals surface area contributed by atoms with E-state index in [1.54, 1.807) is 24.3 Å². The number of piperidine rings is 1. The Hall–Kier alpha value is -2.90. The van der Waals surface area contributed by atoms with Gasteiger partial charge in [0.25, 0.3) is 5.91 Å². The van der Waals surface area contributed by atoms with E-state index in [1.807, 2.05) is 11.8 Å². The van der Waals surface area contributed by atoms with E-state index in [2.05, 4.69) is 15.2 Å². The van der Waals surface area contributed by atoms with Crippen molar-refractivity contribution in [3.05, 3.63) is 41.5 Å². The van der Waals surface area contributed by atoms with E-state index in [-0.39, 0.29) is 11.8 Å². The van der Waals surface area contributed by atoms with Gasteiger partial charge in [0.2, 0.25) is 0 Å². The van der Waals surface area contributed by atoms with Gasteiger partial charge < -0.3 is 14.7 Å². The molecule has 8 nitrogen and oxygen atoms in total. The molecule has 3 rings (SSSR count). The standard InChI is InChI=1S/C18H22N4O4/c1-2-15-19-17(21-20-15)12-7-9-22(10-8-12)18(25)13-3-5-14(6-4-13)26-11-16(23)24/h3-6,12H,2,7-11H2,1H3,(H,23,24)(H,19,20,21). The smallest absolute Gasteiger partial charge is 0.341 e. The molecule has 0 spiro atoms. The van der Waals surface area contributed by atoms with Gasteiger partial charge in [-0.1, -0.05) is 6.92 Å². The molecule has 26 heavy (non-hydrogen) atoms. The number of aromatic nitrogens is 3. The van der Waals surface area contributed by atoms with Gasteiger partial charge in [-0.3, -0.25) is 9.89 Å². The monoisotopic (exact) mass is 358 g/mol. The van der Waals surface area contributed by atoms with Gasteiger partial charge in [0.05, 0.1) is 0 Å². The molecule has 0 bridgehead atoms. The van der Waals surface area contributed by atoms with Crippen molar-refractivity contribution < 1.29 is 19.4 Å². The fourth-order valence-corrected chi connectivity index (χ4v) is 3.01. The quantitative estimate of drug-likeness (QED) is 0.816. The molecule has 1 aliphatic heterocycles. The van der Waals surface area contributed by atoms with Crippen molar-refractivity contribution in [3.8, 4) is 5.75 Å². The van der Waals surface area contributed by atoms with Gasteiger partial charge in [-0.05, 0) is 37.1 Å². The summed E-state index contributed by atoms with van der Waals surface area (Å²) in [6.07, 6.45) is 2.51. The molecule has 8 heteroatoms. The zero-order valence-corrected chi connectivity index (χ0v) is 14.6. The lowest BCUT2D eigenvalue weighted by Crippen LogP contribution is -2.38. The lowest BCUT2D eigenvalue weighted by molar-refractivity contribution is -0.139. The molecule has 138 valence electrons. The van der Waals surface area contributed by atoms with Crippen LogP contribution in [0.4, 0.5) is 0 Å². The first kappa shape index (κ1) is 17.9. The van der Waals surface area contributed by atoms with Crippen LogP contribution in [0, 0.1) is 0 Å². The van der Waals surface area contributed by atoms with Crippen LogP contribution in [0.15, 0.2) is 24.3 Å². The number of ether oxygens (including phenoxy) is 1. The highest BCUT2D eigenvalue weighted by molar-refractivity contribution is 5.94. The number of nitrogens with one attached hydrogen (secondary N) is 1. The minimum Gasteiger partial charge on any atom is -0.482 e. The predicted molar refractivity (Wildman–Crippen MR) is 93.2 cm³/mol. The zero-order valence-electron chi connectivity index (χ0n) is 14.6. The Bertz CT molecular complexity index is 764. The molecule has 2 N–H and O–H groups in total. The Morgan fingerprint density at radius 1 is 1.27 bits per heavy atom. The van der Waals surface area contributed by atoms with Crippen LogP contribution in [0.1, 0.15) is 47.7 Å². The van der Waals surface area contributed by atoms with Gasteiger partial charge in [0, 0.05) is 31.0 Å². The molecular weight excluding hydrogens is 336 g/mol. The number of aryl methyl sites for hydroxylation is 1. The molecule has 0 aliphatic carbocycles. The minimum absolute atomic E-state index is 0.0301. The molecule has 1 aromatic carbocycles. The summed E-state index contributed by atoms with van der Waals surface area (Å²) in [4.78, 5) is 29.5. The molecular formula is C18H22N4O4. The van der Waals surface area contributed by atoms with Gasteiger partial charge in [-0.2, -0.15) is 5.10 Å². The summed E-state index contributed by atoms with van der Waals surface area (Å²) in [5.74, 6) is 1.38. The highest BCUT2D eigenvalue weighted by atomic mass is 16.5. The first-order valence-corrected chi connectivity index (χ1v) is 8.72. The minimum atomic E-state index is -1.04. The first-order chi connectivity index (χ1) is 12.6. The molecule has 1 fully saturated rings. The fraction of sp³-hybridized carbons (Fsp3) is 0.444. The largest absolute Gasteiger partial charge is 0.482 e. The lowest BCUT2D eigenvalue weighted by atomic mass is 9.95. The third-order valence-corrected chi connectivity index (χ3v) is 4.49. The van der Waals surface area contributed by atoms with Gasteiger partial charge in [0.1, 0.15) is 11.6 Å². The predicted octanol–water partition coefficient (Wildman–Crippen LogP) is 1.85. The van der Waals surface area contributed by atoms with E-state index < -0.39 is 12.6 Å². The summed E-state index contributed by atoms with van der Waals surface area (Å²) in [5.41, 5.74) is 0.567. The average Bonchev–Trinajstić information content (AvgIpc) is 3.15. The maximum absolute atomic E-state index is 12.6. The van der Waals surface area contributed by atoms with E-state index >= 15 is 0 Å². The van der Waals surface area contributed by atoms with E-state index in [0.29, 0.717) is 24.4 Å². The maximum Gasteiger partial charge on any atom is 0.341 e. The average molecular weight is 358 g/mol. The van der Waals surface area contributed by atoms with Gasteiger partial charge in [0.15, 0.2) is 12.4 Å². The number of aliphatic carboxylic acids is 1. The van der Waals surface area contributed by atoms with Crippen LogP contribution in [0.25, 0.3) is 0 Å². The number of hydrogen-bond acceptors (Lipinski definition) is 5. The molecule has 1 amide bonds. The fourth-order valence-electron chi connectivity index (χ4n) is 3.01. The van der Waals surface area contributed by atoms with Crippen LogP contribution in [-0.2, 0) is 11.2 Å². The third kappa shape index (κ3) is 4.19. The number of carbonyl (C=O) groups is 2. The Kier molecular flexibility index (Phi) is 5.50. The normalized spacial score (nSPS) is 15.0. The number of amides is 1. The Labute approximate surface area is 151 Å². The summed E-state index contributed by atoms with van der Waals surface area (Å²) >= 11 is 0. The van der Waals surface area contributed by atoms with Crippen molar-refractivity contribution in [2.75, 3.05) is 19.7 Å². The van der Waals surface area contributed by atoms with E-state index in [9.17, 15) is 9.59 Å². The molecule has 1 aliphatic rings. The van der Waals surface area contributed by atoms with Crippen molar-refractivity contribution in [2.45, 2.75) is 32.1 Å². The number of likely N-dealkylation sites (tertiary alicyclic amines) is 1. The summed E-state index contributed by atoms with van der Waals surface area (Å²) in [5, 5.41) is 15.8. The highest BCUT2D eigenvalue weighted by Gasteiger charge is 2.26. The second kappa shape index (κ2) is 7.99. The molecule has 0 saturated carbocycles. The summed E-state index contributed by atoms with van der Waals surface area (Å²) in [6.45, 7) is 2.96. The number of aromatic amines is 1. The van der Waals surface area contributed by atoms with Crippen LogP contribution >= 0.6 is 0 Å². The topological polar surface area (TPSA) is 108 Å². The number of rotatable bonds is 6. The first-order valence-electron chi connectivity index (χ1n) is 8.72. The van der Waals surface area contributed by atoms with Crippen LogP contribution in [-0.4, -0.2) is 56.8 Å².